The van der Waals surface area contributed by atoms with Gasteiger partial charge in [-0.25, -0.2) is 13.1 Å². The minimum absolute atomic E-state index is 0.0766. The quantitative estimate of drug-likeness (QED) is 0.718. The smallest absolute Gasteiger partial charge is 0.251 e. The molecule has 0 radical (unpaired) electrons. The largest absolute Gasteiger partial charge is 0.348 e. The number of benzene rings is 2. The lowest BCUT2D eigenvalue weighted by Crippen LogP contribution is -2.45. The Morgan fingerprint density at radius 2 is 1.92 bits per heavy atom. The van der Waals surface area contributed by atoms with Gasteiger partial charge in [-0.2, -0.15) is 0 Å². The third kappa shape index (κ3) is 4.91. The predicted octanol–water partition coefficient (Wildman–Crippen LogP) is 1.65. The first-order valence-corrected chi connectivity index (χ1v) is 10.2. The van der Waals surface area contributed by atoms with Gasteiger partial charge in [-0.05, 0) is 43.1 Å². The maximum Gasteiger partial charge on any atom is 0.251 e. The van der Waals surface area contributed by atoms with E-state index in [1.165, 1.54) is 12.1 Å². The van der Waals surface area contributed by atoms with Crippen molar-refractivity contribution >= 4 is 15.9 Å². The fourth-order valence-electron chi connectivity index (χ4n) is 2.91. The molecule has 7 heteroatoms. The maximum absolute atomic E-state index is 12.5. The first kappa shape index (κ1) is 18.6. The summed E-state index contributed by atoms with van der Waals surface area (Å²) >= 11 is 0. The van der Waals surface area contributed by atoms with Crippen LogP contribution in [0.3, 0.4) is 0 Å². The van der Waals surface area contributed by atoms with E-state index in [0.717, 1.165) is 31.5 Å². The Kier molecular flexibility index (Phi) is 6.03. The summed E-state index contributed by atoms with van der Waals surface area (Å²) in [5.74, 6) is -0.251. The molecule has 1 heterocycles. The molecule has 1 amide bonds. The number of carbonyl (C=O) groups is 1. The van der Waals surface area contributed by atoms with Crippen molar-refractivity contribution < 1.29 is 13.2 Å². The molecule has 138 valence electrons. The molecule has 1 saturated heterocycles. The molecule has 0 bridgehead atoms. The van der Waals surface area contributed by atoms with Crippen molar-refractivity contribution in [3.8, 4) is 0 Å². The Balaban J connectivity index is 1.68. The van der Waals surface area contributed by atoms with Gasteiger partial charge in [0.2, 0.25) is 10.0 Å². The van der Waals surface area contributed by atoms with E-state index in [-0.39, 0.29) is 23.4 Å². The molecule has 0 unspecified atom stereocenters. The van der Waals surface area contributed by atoms with Gasteiger partial charge in [-0.3, -0.25) is 4.79 Å². The first-order valence-electron chi connectivity index (χ1n) is 8.70. The van der Waals surface area contributed by atoms with Crippen molar-refractivity contribution in [3.63, 3.8) is 0 Å². The summed E-state index contributed by atoms with van der Waals surface area (Å²) in [7, 11) is -3.69. The molecule has 2 aromatic rings. The molecule has 1 fully saturated rings. The van der Waals surface area contributed by atoms with Gasteiger partial charge in [0.15, 0.2) is 0 Å². The number of nitrogens with one attached hydrogen (secondary N) is 3. The second-order valence-electron chi connectivity index (χ2n) is 6.35. The number of carbonyl (C=O) groups excluding carboxylic acids is 1. The molecule has 0 saturated carbocycles. The molecule has 2 aromatic carbocycles. The van der Waals surface area contributed by atoms with Gasteiger partial charge in [0, 0.05) is 24.7 Å². The van der Waals surface area contributed by atoms with E-state index in [2.05, 4.69) is 15.4 Å². The Hall–Kier alpha value is -2.22. The zero-order chi connectivity index (χ0) is 18.4. The Labute approximate surface area is 154 Å². The second-order valence-corrected chi connectivity index (χ2v) is 8.12. The molecular weight excluding hydrogens is 350 g/mol. The van der Waals surface area contributed by atoms with Crippen LogP contribution in [0.2, 0.25) is 0 Å². The second kappa shape index (κ2) is 8.44. The molecule has 3 N–H and O–H groups in total. The van der Waals surface area contributed by atoms with Gasteiger partial charge in [-0.15, -0.1) is 0 Å². The monoisotopic (exact) mass is 373 g/mol. The van der Waals surface area contributed by atoms with Gasteiger partial charge >= 0.3 is 0 Å². The highest BCUT2D eigenvalue weighted by Gasteiger charge is 2.19. The average Bonchev–Trinajstić information content (AvgIpc) is 2.68. The number of sulfonamides is 1. The van der Waals surface area contributed by atoms with Crippen molar-refractivity contribution in [1.29, 1.82) is 0 Å². The first-order chi connectivity index (χ1) is 12.5. The van der Waals surface area contributed by atoms with Crippen LogP contribution in [0.15, 0.2) is 59.5 Å². The molecule has 1 aliphatic rings. The van der Waals surface area contributed by atoms with Crippen molar-refractivity contribution in [2.75, 3.05) is 13.1 Å². The molecule has 1 aliphatic heterocycles. The Morgan fingerprint density at radius 1 is 1.12 bits per heavy atom. The summed E-state index contributed by atoms with van der Waals surface area (Å²) in [5.41, 5.74) is 1.22. The van der Waals surface area contributed by atoms with Gasteiger partial charge in [-0.1, -0.05) is 36.4 Å². The third-order valence-electron chi connectivity index (χ3n) is 4.35. The Morgan fingerprint density at radius 3 is 2.65 bits per heavy atom. The van der Waals surface area contributed by atoms with E-state index in [4.69, 9.17) is 0 Å². The summed E-state index contributed by atoms with van der Waals surface area (Å²) < 4.78 is 27.6. The number of amides is 1. The molecule has 0 aliphatic carbocycles. The highest BCUT2D eigenvalue weighted by molar-refractivity contribution is 7.89. The van der Waals surface area contributed by atoms with Gasteiger partial charge < -0.3 is 10.6 Å². The molecule has 3 rings (SSSR count). The fourth-order valence-corrected chi connectivity index (χ4v) is 3.97. The maximum atomic E-state index is 12.5. The highest BCUT2D eigenvalue weighted by atomic mass is 32.2. The van der Waals surface area contributed by atoms with Crippen LogP contribution in [0.5, 0.6) is 0 Å². The predicted molar refractivity (Wildman–Crippen MR) is 100 cm³/mol. The third-order valence-corrected chi connectivity index (χ3v) is 5.75. The minimum atomic E-state index is -3.69. The highest BCUT2D eigenvalue weighted by Crippen LogP contribution is 2.13. The van der Waals surface area contributed by atoms with E-state index in [0.29, 0.717) is 5.56 Å². The number of hydrogen-bond donors (Lipinski definition) is 3. The van der Waals surface area contributed by atoms with E-state index >= 15 is 0 Å². The van der Waals surface area contributed by atoms with Crippen LogP contribution in [0, 0.1) is 0 Å². The molecule has 1 atom stereocenters. The standard InChI is InChI=1S/C19H23N3O3S/c23-19(22-17-9-5-11-20-14-17)16-8-4-10-18(12-16)26(24,25)21-13-15-6-2-1-3-7-15/h1-4,6-8,10,12,17,20-21H,5,9,11,13-14H2,(H,22,23)/t17-/m0/s1. The van der Waals surface area contributed by atoms with Crippen LogP contribution in [0.4, 0.5) is 0 Å². The zero-order valence-electron chi connectivity index (χ0n) is 14.4. The SMILES string of the molecule is O=C(N[C@H]1CCCNC1)c1cccc(S(=O)(=O)NCc2ccccc2)c1. The summed E-state index contributed by atoms with van der Waals surface area (Å²) in [5, 5.41) is 6.19. The lowest BCUT2D eigenvalue weighted by Gasteiger charge is -2.23. The van der Waals surface area contributed by atoms with Crippen LogP contribution in [-0.2, 0) is 16.6 Å². The Bertz CT molecular complexity index is 847. The molecular formula is C19H23N3O3S. The van der Waals surface area contributed by atoms with Crippen LogP contribution in [0.1, 0.15) is 28.8 Å². The van der Waals surface area contributed by atoms with Crippen LogP contribution >= 0.6 is 0 Å². The number of hydrogen-bond acceptors (Lipinski definition) is 4. The van der Waals surface area contributed by atoms with Crippen LogP contribution in [0.25, 0.3) is 0 Å². The van der Waals surface area contributed by atoms with Crippen molar-refractivity contribution in [3.05, 3.63) is 65.7 Å². The van der Waals surface area contributed by atoms with Gasteiger partial charge in [0.1, 0.15) is 0 Å². The van der Waals surface area contributed by atoms with Crippen molar-refractivity contribution in [1.82, 2.24) is 15.4 Å². The molecule has 0 aromatic heterocycles. The number of rotatable bonds is 6. The number of piperidine rings is 1. The fraction of sp³-hybridized carbons (Fsp3) is 0.316. The lowest BCUT2D eigenvalue weighted by molar-refractivity contribution is 0.0930. The molecule has 26 heavy (non-hydrogen) atoms. The van der Waals surface area contributed by atoms with Crippen molar-refractivity contribution in [2.45, 2.75) is 30.3 Å². The van der Waals surface area contributed by atoms with Crippen LogP contribution in [-0.4, -0.2) is 33.5 Å². The minimum Gasteiger partial charge on any atom is -0.348 e. The summed E-state index contributed by atoms with van der Waals surface area (Å²) in [6, 6.07) is 15.5. The van der Waals surface area contributed by atoms with Crippen molar-refractivity contribution in [2.24, 2.45) is 0 Å². The molecule has 0 spiro atoms. The summed E-state index contributed by atoms with van der Waals surface area (Å²) in [6.07, 6.45) is 1.94. The zero-order valence-corrected chi connectivity index (χ0v) is 15.3. The van der Waals surface area contributed by atoms with Gasteiger partial charge in [0.25, 0.3) is 5.91 Å². The lowest BCUT2D eigenvalue weighted by atomic mass is 10.1. The van der Waals surface area contributed by atoms with Gasteiger partial charge in [0.05, 0.1) is 4.90 Å². The normalized spacial score (nSPS) is 17.6. The van der Waals surface area contributed by atoms with E-state index < -0.39 is 10.0 Å². The topological polar surface area (TPSA) is 87.3 Å². The van der Waals surface area contributed by atoms with E-state index in [1.54, 1.807) is 12.1 Å². The van der Waals surface area contributed by atoms with E-state index in [9.17, 15) is 13.2 Å². The van der Waals surface area contributed by atoms with E-state index in [1.807, 2.05) is 30.3 Å². The molecule has 6 nitrogen and oxygen atoms in total. The average molecular weight is 373 g/mol. The summed E-state index contributed by atoms with van der Waals surface area (Å²) in [4.78, 5) is 12.5. The van der Waals surface area contributed by atoms with Crippen LogP contribution < -0.4 is 15.4 Å². The summed E-state index contributed by atoms with van der Waals surface area (Å²) in [6.45, 7) is 1.91.